The van der Waals surface area contributed by atoms with Crippen molar-refractivity contribution in [2.24, 2.45) is 0 Å². The number of amides is 1. The molecule has 5 nitrogen and oxygen atoms in total. The number of nitrogens with zero attached hydrogens (tertiary/aromatic N) is 3. The molecule has 0 aliphatic carbocycles. The molecule has 0 aliphatic rings. The second kappa shape index (κ2) is 8.27. The van der Waals surface area contributed by atoms with Crippen LogP contribution < -0.4 is 4.90 Å². The van der Waals surface area contributed by atoms with Gasteiger partial charge in [0.1, 0.15) is 0 Å². The van der Waals surface area contributed by atoms with Crippen molar-refractivity contribution in [2.45, 2.75) is 52.7 Å². The summed E-state index contributed by atoms with van der Waals surface area (Å²) in [5, 5.41) is 18.9. The number of hydrogen-bond acceptors (Lipinski definition) is 4. The molecular weight excluding hydrogens is 302 g/mol. The van der Waals surface area contributed by atoms with Gasteiger partial charge in [-0.25, -0.2) is 0 Å². The van der Waals surface area contributed by atoms with Crippen LogP contribution >= 0.6 is 0 Å². The molecule has 0 aliphatic heterocycles. The second-order valence-electron chi connectivity index (χ2n) is 7.15. The maximum Gasteiger partial charge on any atom is 0.244 e. The fourth-order valence-corrected chi connectivity index (χ4v) is 2.80. The van der Waals surface area contributed by atoms with Crippen molar-refractivity contribution in [3.63, 3.8) is 0 Å². The molecule has 1 amide bonds. The summed E-state index contributed by atoms with van der Waals surface area (Å²) in [5.74, 6) is -0.0676. The Labute approximate surface area is 145 Å². The average molecular weight is 331 g/mol. The van der Waals surface area contributed by atoms with E-state index >= 15 is 0 Å². The van der Waals surface area contributed by atoms with E-state index in [0.29, 0.717) is 13.1 Å². The lowest BCUT2D eigenvalue weighted by atomic mass is 10.1. The Hall–Kier alpha value is -1.90. The van der Waals surface area contributed by atoms with Crippen LogP contribution in [0.2, 0.25) is 0 Å². The van der Waals surface area contributed by atoms with Gasteiger partial charge >= 0.3 is 0 Å². The van der Waals surface area contributed by atoms with E-state index in [0.717, 1.165) is 16.8 Å². The molecule has 1 aromatic rings. The van der Waals surface area contributed by atoms with Crippen LogP contribution in [-0.2, 0) is 4.79 Å². The minimum Gasteiger partial charge on any atom is -0.389 e. The molecular formula is C19H29N3O2. The molecule has 5 heteroatoms. The number of benzene rings is 1. The van der Waals surface area contributed by atoms with Crippen molar-refractivity contribution in [1.82, 2.24) is 4.90 Å². The Morgan fingerprint density at radius 2 is 1.83 bits per heavy atom. The number of aryl methyl sites for hydroxylation is 2. The van der Waals surface area contributed by atoms with Crippen molar-refractivity contribution in [2.75, 3.05) is 25.0 Å². The molecule has 0 heterocycles. The maximum atomic E-state index is 13.0. The van der Waals surface area contributed by atoms with E-state index in [1.807, 2.05) is 44.9 Å². The van der Waals surface area contributed by atoms with Crippen molar-refractivity contribution in [3.05, 3.63) is 29.3 Å². The molecule has 0 aromatic heterocycles. The molecule has 1 atom stereocenters. The molecule has 132 valence electrons. The molecule has 0 saturated heterocycles. The van der Waals surface area contributed by atoms with Gasteiger partial charge in [-0.15, -0.1) is 0 Å². The van der Waals surface area contributed by atoms with Gasteiger partial charge in [-0.05, 0) is 64.9 Å². The van der Waals surface area contributed by atoms with E-state index in [1.54, 1.807) is 18.7 Å². The van der Waals surface area contributed by atoms with E-state index in [2.05, 4.69) is 12.1 Å². The van der Waals surface area contributed by atoms with Gasteiger partial charge in [0.2, 0.25) is 5.91 Å². The predicted octanol–water partition coefficient (Wildman–Crippen LogP) is 2.64. The van der Waals surface area contributed by atoms with E-state index in [1.165, 1.54) is 0 Å². The van der Waals surface area contributed by atoms with E-state index in [4.69, 9.17) is 5.26 Å². The first-order valence-corrected chi connectivity index (χ1v) is 8.24. The molecule has 0 bridgehead atoms. The number of carbonyl (C=O) groups is 1. The first-order valence-electron chi connectivity index (χ1n) is 8.24. The van der Waals surface area contributed by atoms with E-state index in [9.17, 15) is 9.90 Å². The molecule has 1 aromatic carbocycles. The van der Waals surface area contributed by atoms with E-state index < -0.39 is 11.6 Å². The highest BCUT2D eigenvalue weighted by Gasteiger charge is 2.28. The Bertz CT molecular complexity index is 594. The van der Waals surface area contributed by atoms with E-state index in [-0.39, 0.29) is 12.3 Å². The zero-order valence-corrected chi connectivity index (χ0v) is 15.6. The molecule has 1 rings (SSSR count). The maximum absolute atomic E-state index is 13.0. The van der Waals surface area contributed by atoms with Crippen molar-refractivity contribution < 1.29 is 9.90 Å². The molecule has 1 unspecified atom stereocenters. The number of aliphatic hydroxyl groups is 1. The highest BCUT2D eigenvalue weighted by atomic mass is 16.3. The monoisotopic (exact) mass is 331 g/mol. The summed E-state index contributed by atoms with van der Waals surface area (Å²) in [6, 6.07) is 7.70. The highest BCUT2D eigenvalue weighted by Crippen LogP contribution is 2.21. The minimum atomic E-state index is -0.874. The standard InChI is InChI=1S/C19H29N3O2/c1-14-10-15(2)12-17(11-14)22(9-7-8-20)18(23)16(3)21(6)13-19(4,5)24/h10-12,16,24H,7,9,13H2,1-6H3. The van der Waals surface area contributed by atoms with Gasteiger partial charge < -0.3 is 10.0 Å². The summed E-state index contributed by atoms with van der Waals surface area (Å²) in [7, 11) is 1.82. The summed E-state index contributed by atoms with van der Waals surface area (Å²) in [4.78, 5) is 16.5. The van der Waals surface area contributed by atoms with Gasteiger partial charge in [0.15, 0.2) is 0 Å². The Balaban J connectivity index is 3.06. The Kier molecular flexibility index (Phi) is 6.94. The fraction of sp³-hybridized carbons (Fsp3) is 0.579. The number of nitriles is 1. The summed E-state index contributed by atoms with van der Waals surface area (Å²) in [6.45, 7) is 10.0. The molecule has 0 radical (unpaired) electrons. The highest BCUT2D eigenvalue weighted by molar-refractivity contribution is 5.97. The number of anilines is 1. The number of likely N-dealkylation sites (N-methyl/N-ethyl adjacent to an activating group) is 1. The normalized spacial score (nSPS) is 12.8. The zero-order valence-electron chi connectivity index (χ0n) is 15.6. The van der Waals surface area contributed by atoms with Crippen LogP contribution in [0.5, 0.6) is 0 Å². The summed E-state index contributed by atoms with van der Waals surface area (Å²) >= 11 is 0. The van der Waals surface area contributed by atoms with Crippen LogP contribution in [0, 0.1) is 25.2 Å². The zero-order chi connectivity index (χ0) is 18.5. The number of carbonyl (C=O) groups excluding carboxylic acids is 1. The molecule has 0 spiro atoms. The second-order valence-corrected chi connectivity index (χ2v) is 7.15. The van der Waals surface area contributed by atoms with Crippen LogP contribution in [0.25, 0.3) is 0 Å². The van der Waals surface area contributed by atoms with Crippen LogP contribution in [0.15, 0.2) is 18.2 Å². The molecule has 24 heavy (non-hydrogen) atoms. The SMILES string of the molecule is Cc1cc(C)cc(N(CCC#N)C(=O)C(C)N(C)CC(C)(C)O)c1. The quantitative estimate of drug-likeness (QED) is 0.834. The van der Waals surface area contributed by atoms with Gasteiger partial charge in [-0.1, -0.05) is 6.07 Å². The first-order chi connectivity index (χ1) is 11.0. The Morgan fingerprint density at radius 1 is 1.29 bits per heavy atom. The Morgan fingerprint density at radius 3 is 2.29 bits per heavy atom. The van der Waals surface area contributed by atoms with Gasteiger partial charge in [0.05, 0.1) is 24.1 Å². The van der Waals surface area contributed by atoms with Crippen molar-refractivity contribution in [3.8, 4) is 6.07 Å². The molecule has 0 fully saturated rings. The fourth-order valence-electron chi connectivity index (χ4n) is 2.80. The topological polar surface area (TPSA) is 67.6 Å². The number of hydrogen-bond donors (Lipinski definition) is 1. The number of rotatable bonds is 7. The van der Waals surface area contributed by atoms with Gasteiger partial charge in [0.25, 0.3) is 0 Å². The van der Waals surface area contributed by atoms with Crippen LogP contribution in [0.3, 0.4) is 0 Å². The first kappa shape index (κ1) is 20.1. The third-order valence-electron chi connectivity index (χ3n) is 3.89. The van der Waals surface area contributed by atoms with Gasteiger partial charge in [-0.2, -0.15) is 5.26 Å². The van der Waals surface area contributed by atoms with Crippen molar-refractivity contribution in [1.29, 1.82) is 5.26 Å². The minimum absolute atomic E-state index is 0.0676. The van der Waals surface area contributed by atoms with Crippen LogP contribution in [0.1, 0.15) is 38.3 Å². The van der Waals surface area contributed by atoms with Gasteiger partial charge in [0, 0.05) is 18.8 Å². The largest absolute Gasteiger partial charge is 0.389 e. The summed E-state index contributed by atoms with van der Waals surface area (Å²) in [6.07, 6.45) is 0.278. The lowest BCUT2D eigenvalue weighted by Gasteiger charge is -2.33. The third-order valence-corrected chi connectivity index (χ3v) is 3.89. The smallest absolute Gasteiger partial charge is 0.244 e. The lowest BCUT2D eigenvalue weighted by molar-refractivity contribution is -0.123. The summed E-state index contributed by atoms with van der Waals surface area (Å²) in [5.41, 5.74) is 2.10. The van der Waals surface area contributed by atoms with Crippen molar-refractivity contribution >= 4 is 11.6 Å². The average Bonchev–Trinajstić information content (AvgIpc) is 2.43. The summed E-state index contributed by atoms with van der Waals surface area (Å²) < 4.78 is 0. The third kappa shape index (κ3) is 5.95. The lowest BCUT2D eigenvalue weighted by Crippen LogP contribution is -2.49. The molecule has 0 saturated carbocycles. The van der Waals surface area contributed by atoms with Gasteiger partial charge in [-0.3, -0.25) is 9.69 Å². The van der Waals surface area contributed by atoms with Crippen LogP contribution in [-0.4, -0.2) is 47.7 Å². The molecule has 1 N–H and O–H groups in total. The van der Waals surface area contributed by atoms with Crippen LogP contribution in [0.4, 0.5) is 5.69 Å². The predicted molar refractivity (Wildman–Crippen MR) is 96.9 cm³/mol.